The fourth-order valence-corrected chi connectivity index (χ4v) is 3.89. The molecule has 2 amide bonds. The SMILES string of the molecule is C[C@H]1CNC(=O)Nc2cnn3ccc(nc23)N2CCC[C@@H]2c2cc(F)cnc2O1. The fourth-order valence-electron chi connectivity index (χ4n) is 3.89. The number of fused-ring (bicyclic) bond motifs is 5. The van der Waals surface area contributed by atoms with Gasteiger partial charge in [-0.15, -0.1) is 0 Å². The van der Waals surface area contributed by atoms with Crippen LogP contribution in [0, 0.1) is 5.82 Å². The van der Waals surface area contributed by atoms with E-state index >= 15 is 0 Å². The highest BCUT2D eigenvalue weighted by Crippen LogP contribution is 2.39. The number of rotatable bonds is 0. The van der Waals surface area contributed by atoms with Crippen molar-refractivity contribution in [1.82, 2.24) is 24.9 Å². The van der Waals surface area contributed by atoms with Gasteiger partial charge in [-0.2, -0.15) is 5.10 Å². The van der Waals surface area contributed by atoms with Crippen molar-refractivity contribution < 1.29 is 13.9 Å². The molecule has 1 saturated heterocycles. The van der Waals surface area contributed by atoms with Crippen LogP contribution in [-0.2, 0) is 0 Å². The Morgan fingerprint density at radius 2 is 2.24 bits per heavy atom. The molecule has 29 heavy (non-hydrogen) atoms. The van der Waals surface area contributed by atoms with E-state index < -0.39 is 5.82 Å². The first-order valence-corrected chi connectivity index (χ1v) is 9.56. The van der Waals surface area contributed by atoms with Gasteiger partial charge in [0.1, 0.15) is 23.4 Å². The number of hydrogen-bond donors (Lipinski definition) is 2. The Kier molecular flexibility index (Phi) is 4.18. The van der Waals surface area contributed by atoms with Gasteiger partial charge < -0.3 is 20.3 Å². The smallest absolute Gasteiger partial charge is 0.319 e. The molecule has 5 rings (SSSR count). The number of ether oxygens (including phenoxy) is 1. The molecule has 3 aromatic rings. The maximum atomic E-state index is 14.1. The van der Waals surface area contributed by atoms with Crippen molar-refractivity contribution in [3.8, 4) is 5.88 Å². The molecule has 0 spiro atoms. The molecule has 1 fully saturated rings. The molecule has 9 nitrogen and oxygen atoms in total. The summed E-state index contributed by atoms with van der Waals surface area (Å²) in [5.74, 6) is 0.692. The summed E-state index contributed by atoms with van der Waals surface area (Å²) in [4.78, 5) is 23.3. The van der Waals surface area contributed by atoms with Gasteiger partial charge >= 0.3 is 6.03 Å². The number of halogens is 1. The normalized spacial score (nSPS) is 21.7. The summed E-state index contributed by atoms with van der Waals surface area (Å²) in [6, 6.07) is 2.86. The second kappa shape index (κ2) is 6.87. The monoisotopic (exact) mass is 397 g/mol. The Labute approximate surface area is 165 Å². The molecule has 0 aromatic carbocycles. The number of pyridine rings is 1. The first kappa shape index (κ1) is 17.7. The molecule has 5 heterocycles. The zero-order valence-corrected chi connectivity index (χ0v) is 15.8. The summed E-state index contributed by atoms with van der Waals surface area (Å²) in [5.41, 5.74) is 1.74. The van der Waals surface area contributed by atoms with Gasteiger partial charge in [-0.1, -0.05) is 0 Å². The molecular weight excluding hydrogens is 377 g/mol. The van der Waals surface area contributed by atoms with E-state index in [2.05, 4.69) is 25.6 Å². The molecule has 0 aliphatic carbocycles. The van der Waals surface area contributed by atoms with Crippen LogP contribution in [0.4, 0.5) is 20.7 Å². The van der Waals surface area contributed by atoms with Gasteiger partial charge in [-0.25, -0.2) is 23.7 Å². The van der Waals surface area contributed by atoms with Gasteiger partial charge in [-0.3, -0.25) is 0 Å². The number of carbonyl (C=O) groups excluding carboxylic acids is 1. The summed E-state index contributed by atoms with van der Waals surface area (Å²) < 4.78 is 21.6. The van der Waals surface area contributed by atoms with Crippen molar-refractivity contribution in [2.45, 2.75) is 31.9 Å². The number of amides is 2. The van der Waals surface area contributed by atoms with Crippen molar-refractivity contribution in [2.75, 3.05) is 23.3 Å². The van der Waals surface area contributed by atoms with E-state index in [0.29, 0.717) is 22.8 Å². The van der Waals surface area contributed by atoms with Crippen molar-refractivity contribution in [1.29, 1.82) is 0 Å². The van der Waals surface area contributed by atoms with Crippen LogP contribution < -0.4 is 20.3 Å². The topological polar surface area (TPSA) is 96.7 Å². The van der Waals surface area contributed by atoms with Gasteiger partial charge in [0.05, 0.1) is 25.0 Å². The molecule has 10 heteroatoms. The molecule has 0 unspecified atom stereocenters. The largest absolute Gasteiger partial charge is 0.473 e. The second-order valence-corrected chi connectivity index (χ2v) is 7.27. The van der Waals surface area contributed by atoms with Gasteiger partial charge in [-0.05, 0) is 31.9 Å². The van der Waals surface area contributed by atoms with E-state index in [1.54, 1.807) is 16.9 Å². The van der Waals surface area contributed by atoms with E-state index in [1.807, 2.05) is 13.0 Å². The Balaban J connectivity index is 1.65. The van der Waals surface area contributed by atoms with Crippen molar-refractivity contribution >= 4 is 23.2 Å². The maximum Gasteiger partial charge on any atom is 0.319 e. The molecule has 2 bridgehead atoms. The Morgan fingerprint density at radius 1 is 1.34 bits per heavy atom. The molecule has 0 saturated carbocycles. The third-order valence-electron chi connectivity index (χ3n) is 5.22. The van der Waals surface area contributed by atoms with E-state index in [4.69, 9.17) is 9.72 Å². The number of nitrogens with one attached hydrogen (secondary N) is 2. The number of anilines is 2. The number of nitrogens with zero attached hydrogens (tertiary/aromatic N) is 5. The average molecular weight is 397 g/mol. The van der Waals surface area contributed by atoms with Gasteiger partial charge in [0.2, 0.25) is 5.88 Å². The lowest BCUT2D eigenvalue weighted by Gasteiger charge is -2.28. The molecular formula is C19H20FN7O2. The second-order valence-electron chi connectivity index (χ2n) is 7.27. The zero-order chi connectivity index (χ0) is 20.0. The lowest BCUT2D eigenvalue weighted by molar-refractivity contribution is 0.202. The van der Waals surface area contributed by atoms with E-state index in [9.17, 15) is 9.18 Å². The van der Waals surface area contributed by atoms with Crippen molar-refractivity contribution in [2.24, 2.45) is 0 Å². The van der Waals surface area contributed by atoms with Crippen LogP contribution in [0.1, 0.15) is 31.4 Å². The summed E-state index contributed by atoms with van der Waals surface area (Å²) in [6.45, 7) is 2.86. The molecule has 2 atom stereocenters. The van der Waals surface area contributed by atoms with Crippen LogP contribution in [0.3, 0.4) is 0 Å². The van der Waals surface area contributed by atoms with Gasteiger partial charge in [0, 0.05) is 18.3 Å². The Bertz CT molecular complexity index is 1090. The molecule has 2 aliphatic heterocycles. The molecule has 2 aliphatic rings. The first-order valence-electron chi connectivity index (χ1n) is 9.56. The fraction of sp³-hybridized carbons (Fsp3) is 0.368. The predicted molar refractivity (Wildman–Crippen MR) is 104 cm³/mol. The van der Waals surface area contributed by atoms with Gasteiger partial charge in [0.25, 0.3) is 0 Å². The number of aromatic nitrogens is 4. The summed E-state index contributed by atoms with van der Waals surface area (Å²) in [5, 5.41) is 9.79. The quantitative estimate of drug-likeness (QED) is 0.605. The number of carbonyl (C=O) groups is 1. The summed E-state index contributed by atoms with van der Waals surface area (Å²) in [6.07, 6.45) is 5.94. The minimum Gasteiger partial charge on any atom is -0.473 e. The number of urea groups is 1. The van der Waals surface area contributed by atoms with Crippen LogP contribution in [-0.4, -0.2) is 44.8 Å². The van der Waals surface area contributed by atoms with Crippen molar-refractivity contribution in [3.63, 3.8) is 0 Å². The highest BCUT2D eigenvalue weighted by Gasteiger charge is 2.31. The molecule has 0 radical (unpaired) electrons. The van der Waals surface area contributed by atoms with E-state index in [1.165, 1.54) is 6.07 Å². The third-order valence-corrected chi connectivity index (χ3v) is 5.22. The van der Waals surface area contributed by atoms with Crippen LogP contribution in [0.25, 0.3) is 5.65 Å². The van der Waals surface area contributed by atoms with Gasteiger partial charge in [0.15, 0.2) is 5.65 Å². The van der Waals surface area contributed by atoms with E-state index in [-0.39, 0.29) is 24.7 Å². The third kappa shape index (κ3) is 3.20. The highest BCUT2D eigenvalue weighted by atomic mass is 19.1. The summed E-state index contributed by atoms with van der Waals surface area (Å²) >= 11 is 0. The maximum absolute atomic E-state index is 14.1. The lowest BCUT2D eigenvalue weighted by Crippen LogP contribution is -2.37. The van der Waals surface area contributed by atoms with Crippen LogP contribution in [0.15, 0.2) is 30.7 Å². The predicted octanol–water partition coefficient (Wildman–Crippen LogP) is 2.51. The zero-order valence-electron chi connectivity index (χ0n) is 15.8. The molecule has 150 valence electrons. The molecule has 2 N–H and O–H groups in total. The summed E-state index contributed by atoms with van der Waals surface area (Å²) in [7, 11) is 0. The van der Waals surface area contributed by atoms with Crippen molar-refractivity contribution in [3.05, 3.63) is 42.1 Å². The lowest BCUT2D eigenvalue weighted by atomic mass is 10.1. The van der Waals surface area contributed by atoms with Crippen LogP contribution in [0.5, 0.6) is 5.88 Å². The minimum absolute atomic E-state index is 0.104. The first-order chi connectivity index (χ1) is 14.1. The highest BCUT2D eigenvalue weighted by molar-refractivity contribution is 5.93. The average Bonchev–Trinajstić information content (AvgIpc) is 3.34. The minimum atomic E-state index is -0.410. The van der Waals surface area contributed by atoms with Crippen LogP contribution >= 0.6 is 0 Å². The number of hydrogen-bond acceptors (Lipinski definition) is 6. The Hall–Kier alpha value is -3.43. The Morgan fingerprint density at radius 3 is 3.14 bits per heavy atom. The van der Waals surface area contributed by atoms with Crippen LogP contribution in [0.2, 0.25) is 0 Å². The standard InChI is InChI=1S/C19H20FN7O2/c1-11-8-22-19(28)24-14-10-23-27-6-4-16(25-17(14)27)26-5-2-3-15(26)13-7-12(20)9-21-18(13)29-11/h4,6-7,9-11,15H,2-3,5,8H2,1H3,(H2,22,24,28)/t11-,15+/m0/s1. The molecule has 3 aromatic heterocycles. The van der Waals surface area contributed by atoms with E-state index in [0.717, 1.165) is 31.4 Å².